The van der Waals surface area contributed by atoms with Gasteiger partial charge in [-0.1, -0.05) is 30.3 Å². The number of nitrogens with one attached hydrogen (secondary N) is 1. The number of nitrogens with zero attached hydrogens (tertiary/aromatic N) is 3. The summed E-state index contributed by atoms with van der Waals surface area (Å²) in [7, 11) is -0.510. The normalized spacial score (nSPS) is 22.4. The molecule has 1 atom stereocenters. The third kappa shape index (κ3) is 4.26. The van der Waals surface area contributed by atoms with Gasteiger partial charge in [-0.15, -0.1) is 0 Å². The Labute approximate surface area is 178 Å². The van der Waals surface area contributed by atoms with Gasteiger partial charge in [-0.25, -0.2) is 0 Å². The van der Waals surface area contributed by atoms with Gasteiger partial charge < -0.3 is 5.32 Å². The van der Waals surface area contributed by atoms with Gasteiger partial charge >= 0.3 is 0 Å². The Morgan fingerprint density at radius 2 is 2.00 bits per heavy atom. The van der Waals surface area contributed by atoms with Crippen molar-refractivity contribution in [3.8, 4) is 11.1 Å². The van der Waals surface area contributed by atoms with E-state index in [1.54, 1.807) is 6.20 Å². The molecule has 1 aromatic carbocycles. The van der Waals surface area contributed by atoms with E-state index in [1.807, 2.05) is 36.5 Å². The molecule has 2 aliphatic rings. The first-order valence-electron chi connectivity index (χ1n) is 10.3. The van der Waals surface area contributed by atoms with Crippen LogP contribution in [0, 0.1) is 5.41 Å². The van der Waals surface area contributed by atoms with Crippen LogP contribution in [0.4, 0.5) is 0 Å². The van der Waals surface area contributed by atoms with E-state index in [9.17, 15) is 13.2 Å². The van der Waals surface area contributed by atoms with Crippen molar-refractivity contribution in [2.24, 2.45) is 5.41 Å². The lowest BCUT2D eigenvalue weighted by Crippen LogP contribution is -2.47. The van der Waals surface area contributed by atoms with E-state index >= 15 is 0 Å². The maximum atomic E-state index is 13.3. The Morgan fingerprint density at radius 3 is 2.67 bits per heavy atom. The molecule has 1 N–H and O–H groups in total. The number of carbonyl (C=O) groups excluding carboxylic acids is 1. The van der Waals surface area contributed by atoms with Gasteiger partial charge in [0.2, 0.25) is 5.91 Å². The molecule has 1 aliphatic carbocycles. The quantitative estimate of drug-likeness (QED) is 0.732. The van der Waals surface area contributed by atoms with E-state index in [4.69, 9.17) is 0 Å². The zero-order valence-corrected chi connectivity index (χ0v) is 18.2. The average Bonchev–Trinajstić information content (AvgIpc) is 3.44. The SMILES string of the molecule is CN(C)S(=O)(=O)N1CC[C@](Cc2cccc(-c3cccnc3)c2)(C(=O)NC2CC2)C1. The molecule has 0 bridgehead atoms. The van der Waals surface area contributed by atoms with E-state index in [2.05, 4.69) is 16.4 Å². The Kier molecular flexibility index (Phi) is 5.65. The maximum Gasteiger partial charge on any atom is 0.281 e. The number of amides is 1. The van der Waals surface area contributed by atoms with Crippen molar-refractivity contribution in [3.05, 3.63) is 54.4 Å². The molecule has 8 heteroatoms. The summed E-state index contributed by atoms with van der Waals surface area (Å²) in [6, 6.07) is 12.2. The highest BCUT2D eigenvalue weighted by atomic mass is 32.2. The van der Waals surface area contributed by atoms with Crippen molar-refractivity contribution in [1.29, 1.82) is 0 Å². The molecular weight excluding hydrogens is 400 g/mol. The molecule has 30 heavy (non-hydrogen) atoms. The number of hydrogen-bond donors (Lipinski definition) is 1. The van der Waals surface area contributed by atoms with Crippen LogP contribution in [0.2, 0.25) is 0 Å². The third-order valence-electron chi connectivity index (χ3n) is 5.97. The van der Waals surface area contributed by atoms with Gasteiger partial charge in [-0.2, -0.15) is 17.0 Å². The summed E-state index contributed by atoms with van der Waals surface area (Å²) in [6.45, 7) is 0.546. The Hall–Kier alpha value is -2.29. The van der Waals surface area contributed by atoms with Crippen molar-refractivity contribution in [2.45, 2.75) is 31.7 Å². The lowest BCUT2D eigenvalue weighted by Gasteiger charge is -2.29. The van der Waals surface area contributed by atoms with Crippen molar-refractivity contribution < 1.29 is 13.2 Å². The van der Waals surface area contributed by atoms with Gasteiger partial charge in [-0.3, -0.25) is 9.78 Å². The van der Waals surface area contributed by atoms with Gasteiger partial charge in [-0.05, 0) is 48.4 Å². The molecule has 1 aromatic heterocycles. The number of pyridine rings is 1. The molecule has 1 saturated carbocycles. The molecule has 0 unspecified atom stereocenters. The highest BCUT2D eigenvalue weighted by Gasteiger charge is 2.49. The first-order valence-corrected chi connectivity index (χ1v) is 11.7. The van der Waals surface area contributed by atoms with Crippen LogP contribution in [0.1, 0.15) is 24.8 Å². The minimum atomic E-state index is -3.56. The molecule has 1 aliphatic heterocycles. The molecule has 2 fully saturated rings. The van der Waals surface area contributed by atoms with Gasteiger partial charge in [0.1, 0.15) is 0 Å². The second kappa shape index (κ2) is 8.09. The van der Waals surface area contributed by atoms with Crippen LogP contribution in [-0.4, -0.2) is 61.1 Å². The number of carbonyl (C=O) groups is 1. The van der Waals surface area contributed by atoms with Crippen LogP contribution in [0.3, 0.4) is 0 Å². The Bertz CT molecular complexity index is 1020. The fourth-order valence-corrected chi connectivity index (χ4v) is 5.22. The van der Waals surface area contributed by atoms with Crippen LogP contribution in [0.15, 0.2) is 48.8 Å². The summed E-state index contributed by atoms with van der Waals surface area (Å²) in [5.41, 5.74) is 2.30. The number of benzene rings is 1. The summed E-state index contributed by atoms with van der Waals surface area (Å²) < 4.78 is 28.0. The molecule has 0 radical (unpaired) electrons. The topological polar surface area (TPSA) is 82.6 Å². The Morgan fingerprint density at radius 1 is 1.23 bits per heavy atom. The number of aromatic nitrogens is 1. The summed E-state index contributed by atoms with van der Waals surface area (Å²) >= 11 is 0. The smallest absolute Gasteiger partial charge is 0.281 e. The first-order chi connectivity index (χ1) is 14.3. The molecule has 7 nitrogen and oxygen atoms in total. The fourth-order valence-electron chi connectivity index (χ4n) is 4.02. The van der Waals surface area contributed by atoms with Crippen molar-refractivity contribution >= 4 is 16.1 Å². The monoisotopic (exact) mass is 428 g/mol. The van der Waals surface area contributed by atoms with E-state index < -0.39 is 15.6 Å². The predicted molar refractivity (Wildman–Crippen MR) is 116 cm³/mol. The lowest BCUT2D eigenvalue weighted by molar-refractivity contribution is -0.130. The molecule has 2 aromatic rings. The molecule has 160 valence electrons. The molecule has 0 spiro atoms. The molecule has 4 rings (SSSR count). The summed E-state index contributed by atoms with van der Waals surface area (Å²) in [6.07, 6.45) is 6.56. The standard InChI is InChI=1S/C22H28N4O3S/c1-25(2)30(28,29)26-12-10-22(16-26,21(27)24-20-8-9-20)14-17-5-3-6-18(13-17)19-7-4-11-23-15-19/h3-7,11,13,15,20H,8-10,12,14,16H2,1-2H3,(H,24,27)/t22-/m1/s1. The minimum absolute atomic E-state index is 0.0340. The zero-order valence-electron chi connectivity index (χ0n) is 17.4. The predicted octanol–water partition coefficient (Wildman–Crippen LogP) is 2.07. The van der Waals surface area contributed by atoms with Gasteiger partial charge in [0.05, 0.1) is 5.41 Å². The Balaban J connectivity index is 1.62. The van der Waals surface area contributed by atoms with Crippen LogP contribution in [-0.2, 0) is 21.4 Å². The molecule has 1 saturated heterocycles. The lowest BCUT2D eigenvalue weighted by atomic mass is 9.79. The highest BCUT2D eigenvalue weighted by molar-refractivity contribution is 7.86. The van der Waals surface area contributed by atoms with Crippen LogP contribution in [0.25, 0.3) is 11.1 Å². The van der Waals surface area contributed by atoms with E-state index in [1.165, 1.54) is 22.7 Å². The first kappa shape index (κ1) is 21.0. The number of hydrogen-bond acceptors (Lipinski definition) is 4. The van der Waals surface area contributed by atoms with Gasteiger partial charge in [0.25, 0.3) is 10.2 Å². The van der Waals surface area contributed by atoms with E-state index in [0.717, 1.165) is 29.5 Å². The van der Waals surface area contributed by atoms with E-state index in [0.29, 0.717) is 19.4 Å². The van der Waals surface area contributed by atoms with Crippen LogP contribution < -0.4 is 5.32 Å². The second-order valence-corrected chi connectivity index (χ2v) is 10.7. The fraction of sp³-hybridized carbons (Fsp3) is 0.455. The summed E-state index contributed by atoms with van der Waals surface area (Å²) in [4.78, 5) is 17.4. The average molecular weight is 429 g/mol. The van der Waals surface area contributed by atoms with Crippen molar-refractivity contribution in [2.75, 3.05) is 27.2 Å². The van der Waals surface area contributed by atoms with Crippen LogP contribution >= 0.6 is 0 Å². The maximum absolute atomic E-state index is 13.3. The second-order valence-electron chi connectivity index (χ2n) is 8.52. The van der Waals surface area contributed by atoms with Gasteiger partial charge in [0, 0.05) is 45.6 Å². The number of rotatable bonds is 7. The van der Waals surface area contributed by atoms with Gasteiger partial charge in [0.15, 0.2) is 0 Å². The highest BCUT2D eigenvalue weighted by Crippen LogP contribution is 2.38. The van der Waals surface area contributed by atoms with E-state index in [-0.39, 0.29) is 18.5 Å². The zero-order chi connectivity index (χ0) is 21.4. The summed E-state index contributed by atoms with van der Waals surface area (Å²) in [5, 5.41) is 3.12. The molecular formula is C22H28N4O3S. The molecule has 2 heterocycles. The van der Waals surface area contributed by atoms with Crippen LogP contribution in [0.5, 0.6) is 0 Å². The summed E-state index contributed by atoms with van der Waals surface area (Å²) in [5.74, 6) is -0.0340. The molecule has 1 amide bonds. The minimum Gasteiger partial charge on any atom is -0.353 e. The van der Waals surface area contributed by atoms with Crippen molar-refractivity contribution in [1.82, 2.24) is 18.9 Å². The third-order valence-corrected chi connectivity index (χ3v) is 7.85. The van der Waals surface area contributed by atoms with Crippen molar-refractivity contribution in [3.63, 3.8) is 0 Å². The largest absolute Gasteiger partial charge is 0.353 e.